The highest BCUT2D eigenvalue weighted by molar-refractivity contribution is 5.84. The SMILES string of the molecule is CCc1cc(=O)c2c(C)c(F)c(F)cc2n1-c1ccon1. The third-order valence-electron chi connectivity index (χ3n) is 3.52. The van der Waals surface area contributed by atoms with Crippen molar-refractivity contribution < 1.29 is 13.3 Å². The zero-order valence-electron chi connectivity index (χ0n) is 11.5. The van der Waals surface area contributed by atoms with Gasteiger partial charge < -0.3 is 4.52 Å². The van der Waals surface area contributed by atoms with E-state index in [1.54, 1.807) is 10.6 Å². The third kappa shape index (κ3) is 1.94. The van der Waals surface area contributed by atoms with E-state index in [0.29, 0.717) is 17.9 Å². The fourth-order valence-electron chi connectivity index (χ4n) is 2.52. The van der Waals surface area contributed by atoms with Gasteiger partial charge in [0.1, 0.15) is 6.26 Å². The Balaban J connectivity index is 2.56. The van der Waals surface area contributed by atoms with Gasteiger partial charge in [-0.15, -0.1) is 0 Å². The second-order valence-corrected chi connectivity index (χ2v) is 4.74. The van der Waals surface area contributed by atoms with Gasteiger partial charge in [-0.1, -0.05) is 12.1 Å². The number of halogens is 2. The Bertz CT molecular complexity index is 883. The molecule has 6 heteroatoms. The Kier molecular flexibility index (Phi) is 3.08. The van der Waals surface area contributed by atoms with Crippen LogP contribution in [0.3, 0.4) is 0 Å². The molecule has 0 saturated carbocycles. The molecule has 0 radical (unpaired) electrons. The molecule has 3 rings (SSSR count). The Morgan fingerprint density at radius 2 is 2.10 bits per heavy atom. The van der Waals surface area contributed by atoms with Crippen molar-refractivity contribution in [3.8, 4) is 5.82 Å². The molecule has 0 unspecified atom stereocenters. The fourth-order valence-corrected chi connectivity index (χ4v) is 2.52. The largest absolute Gasteiger partial charge is 0.363 e. The lowest BCUT2D eigenvalue weighted by Crippen LogP contribution is -2.15. The van der Waals surface area contributed by atoms with Gasteiger partial charge >= 0.3 is 0 Å². The third-order valence-corrected chi connectivity index (χ3v) is 3.52. The van der Waals surface area contributed by atoms with Crippen molar-refractivity contribution in [1.29, 1.82) is 0 Å². The van der Waals surface area contributed by atoms with Crippen LogP contribution in [0.25, 0.3) is 16.7 Å². The molecular weight excluding hydrogens is 278 g/mol. The van der Waals surface area contributed by atoms with Crippen molar-refractivity contribution in [2.45, 2.75) is 20.3 Å². The van der Waals surface area contributed by atoms with E-state index in [0.717, 1.165) is 6.07 Å². The van der Waals surface area contributed by atoms with Crippen LogP contribution in [0.5, 0.6) is 0 Å². The number of pyridine rings is 1. The van der Waals surface area contributed by atoms with Gasteiger partial charge in [0.05, 0.1) is 10.9 Å². The minimum atomic E-state index is -1.00. The summed E-state index contributed by atoms with van der Waals surface area (Å²) in [5.74, 6) is -1.58. The molecule has 0 fully saturated rings. The summed E-state index contributed by atoms with van der Waals surface area (Å²) >= 11 is 0. The Morgan fingerprint density at radius 3 is 2.71 bits per heavy atom. The smallest absolute Gasteiger partial charge is 0.190 e. The lowest BCUT2D eigenvalue weighted by Gasteiger charge is -2.15. The highest BCUT2D eigenvalue weighted by Crippen LogP contribution is 2.24. The molecule has 4 nitrogen and oxygen atoms in total. The molecule has 3 aromatic rings. The topological polar surface area (TPSA) is 48.0 Å². The molecule has 0 saturated heterocycles. The Labute approximate surface area is 118 Å². The summed E-state index contributed by atoms with van der Waals surface area (Å²) in [6, 6.07) is 4.04. The summed E-state index contributed by atoms with van der Waals surface area (Å²) in [7, 11) is 0. The van der Waals surface area contributed by atoms with Gasteiger partial charge in [0.2, 0.25) is 0 Å². The molecule has 0 spiro atoms. The molecule has 1 aromatic carbocycles. The standard InChI is InChI=1S/C15H12F2N2O2/c1-3-9-6-12(20)14-8(2)15(17)10(16)7-11(14)19(9)13-4-5-21-18-13/h4-7H,3H2,1-2H3. The van der Waals surface area contributed by atoms with Crippen LogP contribution in [0, 0.1) is 18.6 Å². The normalized spacial score (nSPS) is 11.2. The Morgan fingerprint density at radius 1 is 1.33 bits per heavy atom. The molecule has 0 bridgehead atoms. The lowest BCUT2D eigenvalue weighted by atomic mass is 10.1. The van der Waals surface area contributed by atoms with E-state index in [1.807, 2.05) is 6.92 Å². The monoisotopic (exact) mass is 290 g/mol. The molecule has 0 N–H and O–H groups in total. The van der Waals surface area contributed by atoms with E-state index in [1.165, 1.54) is 19.3 Å². The summed E-state index contributed by atoms with van der Waals surface area (Å²) in [5, 5.41) is 3.97. The van der Waals surface area contributed by atoms with E-state index in [2.05, 4.69) is 5.16 Å². The van der Waals surface area contributed by atoms with E-state index in [4.69, 9.17) is 4.52 Å². The minimum Gasteiger partial charge on any atom is -0.363 e. The number of fused-ring (bicyclic) bond motifs is 1. The lowest BCUT2D eigenvalue weighted by molar-refractivity contribution is 0.416. The molecular formula is C15H12F2N2O2. The number of hydrogen-bond donors (Lipinski definition) is 0. The van der Waals surface area contributed by atoms with Crippen molar-refractivity contribution in [2.75, 3.05) is 0 Å². The first kappa shape index (κ1) is 13.5. The Hall–Kier alpha value is -2.50. The van der Waals surface area contributed by atoms with Crippen LogP contribution >= 0.6 is 0 Å². The van der Waals surface area contributed by atoms with Crippen LogP contribution in [-0.4, -0.2) is 9.72 Å². The van der Waals surface area contributed by atoms with Gasteiger partial charge in [-0.2, -0.15) is 0 Å². The molecule has 0 amide bonds. The second-order valence-electron chi connectivity index (χ2n) is 4.74. The van der Waals surface area contributed by atoms with Crippen LogP contribution in [0.4, 0.5) is 8.78 Å². The number of rotatable bonds is 2. The quantitative estimate of drug-likeness (QED) is 0.728. The zero-order chi connectivity index (χ0) is 15.1. The average molecular weight is 290 g/mol. The van der Waals surface area contributed by atoms with Crippen molar-refractivity contribution >= 4 is 10.9 Å². The molecule has 0 aliphatic heterocycles. The maximum absolute atomic E-state index is 13.8. The summed E-state index contributed by atoms with van der Waals surface area (Å²) < 4.78 is 33.9. The predicted octanol–water partition coefficient (Wildman–Crippen LogP) is 3.13. The molecule has 2 aromatic heterocycles. The van der Waals surface area contributed by atoms with Crippen LogP contribution in [-0.2, 0) is 6.42 Å². The van der Waals surface area contributed by atoms with Crippen molar-refractivity contribution in [2.24, 2.45) is 0 Å². The van der Waals surface area contributed by atoms with Gasteiger partial charge in [-0.05, 0) is 13.3 Å². The molecule has 0 aliphatic rings. The van der Waals surface area contributed by atoms with E-state index >= 15 is 0 Å². The van der Waals surface area contributed by atoms with E-state index in [-0.39, 0.29) is 21.9 Å². The number of benzene rings is 1. The molecule has 0 aliphatic carbocycles. The minimum absolute atomic E-state index is 0.00472. The van der Waals surface area contributed by atoms with Crippen molar-refractivity contribution in [3.63, 3.8) is 0 Å². The van der Waals surface area contributed by atoms with Gasteiger partial charge in [-0.25, -0.2) is 8.78 Å². The van der Waals surface area contributed by atoms with E-state index in [9.17, 15) is 13.6 Å². The van der Waals surface area contributed by atoms with Gasteiger partial charge in [-0.3, -0.25) is 9.36 Å². The van der Waals surface area contributed by atoms with Crippen LogP contribution < -0.4 is 5.43 Å². The maximum atomic E-state index is 13.8. The first-order valence-corrected chi connectivity index (χ1v) is 6.48. The van der Waals surface area contributed by atoms with Crippen LogP contribution in [0.1, 0.15) is 18.2 Å². The number of nitrogens with zero attached hydrogens (tertiary/aromatic N) is 2. The number of aryl methyl sites for hydroxylation is 2. The van der Waals surface area contributed by atoms with Crippen LogP contribution in [0.15, 0.2) is 33.8 Å². The molecule has 21 heavy (non-hydrogen) atoms. The summed E-state index contributed by atoms with van der Waals surface area (Å²) in [4.78, 5) is 12.2. The fraction of sp³-hybridized carbons (Fsp3) is 0.200. The molecule has 2 heterocycles. The highest BCUT2D eigenvalue weighted by atomic mass is 19.2. The predicted molar refractivity (Wildman–Crippen MR) is 73.6 cm³/mol. The van der Waals surface area contributed by atoms with Gasteiger partial charge in [0.25, 0.3) is 0 Å². The van der Waals surface area contributed by atoms with Crippen molar-refractivity contribution in [1.82, 2.24) is 9.72 Å². The molecule has 0 atom stereocenters. The average Bonchev–Trinajstić information content (AvgIpc) is 2.97. The molecule has 108 valence electrons. The van der Waals surface area contributed by atoms with Gasteiger partial charge in [0, 0.05) is 29.5 Å². The first-order valence-electron chi connectivity index (χ1n) is 6.48. The van der Waals surface area contributed by atoms with Crippen LogP contribution in [0.2, 0.25) is 0 Å². The summed E-state index contributed by atoms with van der Waals surface area (Å²) in [6.07, 6.45) is 1.92. The highest BCUT2D eigenvalue weighted by Gasteiger charge is 2.18. The second kappa shape index (κ2) is 4.80. The van der Waals surface area contributed by atoms with Crippen molar-refractivity contribution in [3.05, 3.63) is 57.6 Å². The van der Waals surface area contributed by atoms with Gasteiger partial charge in [0.15, 0.2) is 22.9 Å². The zero-order valence-corrected chi connectivity index (χ0v) is 11.5. The first-order chi connectivity index (χ1) is 10.0. The summed E-state index contributed by atoms with van der Waals surface area (Å²) in [6.45, 7) is 3.25. The van der Waals surface area contributed by atoms with E-state index < -0.39 is 11.6 Å². The number of aromatic nitrogens is 2. The summed E-state index contributed by atoms with van der Waals surface area (Å²) in [5.41, 5.74) is 0.587. The maximum Gasteiger partial charge on any atom is 0.190 e. The number of hydrogen-bond acceptors (Lipinski definition) is 3.